The van der Waals surface area contributed by atoms with Gasteiger partial charge < -0.3 is 5.32 Å². The first-order valence-electron chi connectivity index (χ1n) is 5.37. The molecule has 0 aliphatic carbocycles. The van der Waals surface area contributed by atoms with Gasteiger partial charge in [-0.1, -0.05) is 18.5 Å². The van der Waals surface area contributed by atoms with Crippen LogP contribution in [0.5, 0.6) is 0 Å². The van der Waals surface area contributed by atoms with Crippen molar-refractivity contribution in [2.45, 2.75) is 31.7 Å². The Balaban J connectivity index is 2.23. The molecule has 1 aromatic rings. The van der Waals surface area contributed by atoms with E-state index in [0.29, 0.717) is 11.1 Å². The molecular formula is C12H15ClFN. The first-order valence-corrected chi connectivity index (χ1v) is 5.74. The van der Waals surface area contributed by atoms with E-state index in [1.165, 1.54) is 12.5 Å². The Morgan fingerprint density at radius 1 is 1.53 bits per heavy atom. The highest BCUT2D eigenvalue weighted by Crippen LogP contribution is 2.30. The number of hydrogen-bond donors (Lipinski definition) is 1. The quantitative estimate of drug-likeness (QED) is 0.817. The van der Waals surface area contributed by atoms with Crippen LogP contribution >= 0.6 is 11.6 Å². The Morgan fingerprint density at radius 3 is 3.00 bits per heavy atom. The van der Waals surface area contributed by atoms with Crippen LogP contribution in [0.1, 0.15) is 31.2 Å². The van der Waals surface area contributed by atoms with Gasteiger partial charge in [0.05, 0.1) is 0 Å². The highest BCUT2D eigenvalue weighted by molar-refractivity contribution is 6.31. The van der Waals surface area contributed by atoms with Crippen molar-refractivity contribution >= 4 is 11.6 Å². The summed E-state index contributed by atoms with van der Waals surface area (Å²) in [6.07, 6.45) is 2.34. The highest BCUT2D eigenvalue weighted by Gasteiger charge is 2.23. The average molecular weight is 228 g/mol. The van der Waals surface area contributed by atoms with Crippen LogP contribution in [0.2, 0.25) is 5.02 Å². The third-order valence-corrected chi connectivity index (χ3v) is 3.49. The van der Waals surface area contributed by atoms with Crippen molar-refractivity contribution in [2.75, 3.05) is 6.54 Å². The SMILES string of the molecule is CC(c1cc(F)ccc1Cl)C1CCCN1. The zero-order valence-corrected chi connectivity index (χ0v) is 9.52. The van der Waals surface area contributed by atoms with E-state index in [1.54, 1.807) is 12.1 Å². The summed E-state index contributed by atoms with van der Waals surface area (Å²) in [6, 6.07) is 5.02. The van der Waals surface area contributed by atoms with Crippen LogP contribution < -0.4 is 5.32 Å². The Labute approximate surface area is 94.6 Å². The van der Waals surface area contributed by atoms with E-state index < -0.39 is 0 Å². The molecule has 82 valence electrons. The van der Waals surface area contributed by atoms with Crippen molar-refractivity contribution in [1.82, 2.24) is 5.32 Å². The second-order valence-electron chi connectivity index (χ2n) is 4.16. The number of benzene rings is 1. The van der Waals surface area contributed by atoms with Crippen LogP contribution in [0.15, 0.2) is 18.2 Å². The Morgan fingerprint density at radius 2 is 2.33 bits per heavy atom. The molecule has 1 aromatic carbocycles. The minimum atomic E-state index is -0.209. The smallest absolute Gasteiger partial charge is 0.123 e. The minimum absolute atomic E-state index is 0.209. The van der Waals surface area contributed by atoms with Crippen molar-refractivity contribution in [3.63, 3.8) is 0 Å². The standard InChI is InChI=1S/C12H15ClFN/c1-8(12-3-2-6-15-12)10-7-9(14)4-5-11(10)13/h4-5,7-8,12,15H,2-3,6H2,1H3. The van der Waals surface area contributed by atoms with E-state index in [2.05, 4.69) is 12.2 Å². The lowest BCUT2D eigenvalue weighted by Gasteiger charge is -2.20. The van der Waals surface area contributed by atoms with Crippen molar-refractivity contribution in [1.29, 1.82) is 0 Å². The van der Waals surface area contributed by atoms with Crippen LogP contribution in [-0.2, 0) is 0 Å². The van der Waals surface area contributed by atoms with Crippen LogP contribution in [0, 0.1) is 5.82 Å². The first-order chi connectivity index (χ1) is 7.18. The molecule has 2 rings (SSSR count). The number of rotatable bonds is 2. The maximum Gasteiger partial charge on any atom is 0.123 e. The van der Waals surface area contributed by atoms with Gasteiger partial charge >= 0.3 is 0 Å². The summed E-state index contributed by atoms with van der Waals surface area (Å²) >= 11 is 6.08. The third-order valence-electron chi connectivity index (χ3n) is 3.15. The van der Waals surface area contributed by atoms with Gasteiger partial charge in [-0.15, -0.1) is 0 Å². The lowest BCUT2D eigenvalue weighted by atomic mass is 9.92. The van der Waals surface area contributed by atoms with Gasteiger partial charge in [0.2, 0.25) is 0 Å². The second kappa shape index (κ2) is 4.50. The normalized spacial score (nSPS) is 23.0. The maximum atomic E-state index is 13.1. The van der Waals surface area contributed by atoms with Gasteiger partial charge in [0.25, 0.3) is 0 Å². The molecule has 0 amide bonds. The van der Waals surface area contributed by atoms with E-state index in [1.807, 2.05) is 0 Å². The first kappa shape index (κ1) is 10.9. The molecule has 0 aromatic heterocycles. The molecule has 3 heteroatoms. The van der Waals surface area contributed by atoms with Crippen LogP contribution in [0.3, 0.4) is 0 Å². The highest BCUT2D eigenvalue weighted by atomic mass is 35.5. The van der Waals surface area contributed by atoms with E-state index in [9.17, 15) is 4.39 Å². The largest absolute Gasteiger partial charge is 0.313 e. The van der Waals surface area contributed by atoms with Gasteiger partial charge in [0.1, 0.15) is 5.82 Å². The van der Waals surface area contributed by atoms with E-state index >= 15 is 0 Å². The van der Waals surface area contributed by atoms with Gasteiger partial charge in [0, 0.05) is 11.1 Å². The second-order valence-corrected chi connectivity index (χ2v) is 4.56. The van der Waals surface area contributed by atoms with E-state index in [4.69, 9.17) is 11.6 Å². The summed E-state index contributed by atoms with van der Waals surface area (Å²) in [7, 11) is 0. The maximum absolute atomic E-state index is 13.1. The van der Waals surface area contributed by atoms with E-state index in [-0.39, 0.29) is 11.7 Å². The van der Waals surface area contributed by atoms with Crippen molar-refractivity contribution in [2.24, 2.45) is 0 Å². The number of hydrogen-bond acceptors (Lipinski definition) is 1. The summed E-state index contributed by atoms with van der Waals surface area (Å²) in [5.41, 5.74) is 0.913. The predicted molar refractivity (Wildman–Crippen MR) is 60.8 cm³/mol. The lowest BCUT2D eigenvalue weighted by Crippen LogP contribution is -2.27. The molecule has 1 nitrogen and oxygen atoms in total. The Hall–Kier alpha value is -0.600. The summed E-state index contributed by atoms with van der Waals surface area (Å²) in [4.78, 5) is 0. The molecule has 1 N–H and O–H groups in total. The summed E-state index contributed by atoms with van der Waals surface area (Å²) in [6.45, 7) is 3.16. The van der Waals surface area contributed by atoms with Gasteiger partial charge in [0.15, 0.2) is 0 Å². The molecule has 15 heavy (non-hydrogen) atoms. The zero-order chi connectivity index (χ0) is 10.8. The fourth-order valence-corrected chi connectivity index (χ4v) is 2.51. The molecule has 1 aliphatic heterocycles. The number of halogens is 2. The molecule has 1 aliphatic rings. The topological polar surface area (TPSA) is 12.0 Å². The molecule has 0 saturated carbocycles. The average Bonchev–Trinajstić information content (AvgIpc) is 2.74. The molecule has 1 fully saturated rings. The molecular weight excluding hydrogens is 213 g/mol. The lowest BCUT2D eigenvalue weighted by molar-refractivity contribution is 0.514. The molecule has 0 spiro atoms. The monoisotopic (exact) mass is 227 g/mol. The Bertz CT molecular complexity index is 347. The predicted octanol–water partition coefficient (Wildman–Crippen LogP) is 3.33. The third kappa shape index (κ3) is 2.32. The van der Waals surface area contributed by atoms with Gasteiger partial charge in [-0.25, -0.2) is 4.39 Å². The molecule has 1 heterocycles. The van der Waals surface area contributed by atoms with E-state index in [0.717, 1.165) is 18.5 Å². The van der Waals surface area contributed by atoms with Gasteiger partial charge in [-0.2, -0.15) is 0 Å². The van der Waals surface area contributed by atoms with Gasteiger partial charge in [-0.05, 0) is 49.1 Å². The molecule has 1 saturated heterocycles. The summed E-state index contributed by atoms with van der Waals surface area (Å²) in [5, 5.41) is 4.08. The van der Waals surface area contributed by atoms with Crippen molar-refractivity contribution in [3.8, 4) is 0 Å². The van der Waals surface area contributed by atoms with Crippen molar-refractivity contribution in [3.05, 3.63) is 34.6 Å². The summed E-state index contributed by atoms with van der Waals surface area (Å²) < 4.78 is 13.1. The van der Waals surface area contributed by atoms with Crippen LogP contribution in [-0.4, -0.2) is 12.6 Å². The van der Waals surface area contributed by atoms with Crippen LogP contribution in [0.4, 0.5) is 4.39 Å². The van der Waals surface area contributed by atoms with Crippen molar-refractivity contribution < 1.29 is 4.39 Å². The molecule has 2 atom stereocenters. The fourth-order valence-electron chi connectivity index (χ4n) is 2.22. The Kier molecular flexibility index (Phi) is 3.27. The fraction of sp³-hybridized carbons (Fsp3) is 0.500. The summed E-state index contributed by atoms with van der Waals surface area (Å²) in [5.74, 6) is 0.0648. The molecule has 0 radical (unpaired) electrons. The van der Waals surface area contributed by atoms with Crippen LogP contribution in [0.25, 0.3) is 0 Å². The van der Waals surface area contributed by atoms with Gasteiger partial charge in [-0.3, -0.25) is 0 Å². The minimum Gasteiger partial charge on any atom is -0.313 e. The molecule has 2 unspecified atom stereocenters. The molecule has 0 bridgehead atoms. The zero-order valence-electron chi connectivity index (χ0n) is 8.76. The number of nitrogens with one attached hydrogen (secondary N) is 1.